The molecule has 2 amide bonds. The van der Waals surface area contributed by atoms with Crippen molar-refractivity contribution in [2.75, 3.05) is 13.1 Å². The number of carbonyl (C=O) groups is 2. The average molecular weight is 438 g/mol. The standard InChI is InChI=1S/C24H28FN5O2/c1-14(12-30-16(3)9-15(2)28-30)24(32)29-8-4-5-17(13-29)22-20(23(26)31)11-18-10-19(25)6-7-21(18)27-22/h6-7,9-11,14,17H,4-5,8,12-13H2,1-3H3,(H2,26,31)/t14-,17+/m1/s1. The smallest absolute Gasteiger partial charge is 0.250 e. The van der Waals surface area contributed by atoms with Crippen LogP contribution in [0.1, 0.15) is 53.1 Å². The number of primary amides is 1. The summed E-state index contributed by atoms with van der Waals surface area (Å²) in [5, 5.41) is 5.00. The van der Waals surface area contributed by atoms with Gasteiger partial charge in [-0.2, -0.15) is 5.10 Å². The molecule has 1 aliphatic rings. The van der Waals surface area contributed by atoms with E-state index in [1.165, 1.54) is 12.1 Å². The lowest BCUT2D eigenvalue weighted by Gasteiger charge is -2.34. The summed E-state index contributed by atoms with van der Waals surface area (Å²) in [7, 11) is 0. The van der Waals surface area contributed by atoms with Crippen LogP contribution in [0.4, 0.5) is 4.39 Å². The first-order valence-corrected chi connectivity index (χ1v) is 10.9. The number of fused-ring (bicyclic) bond motifs is 1. The van der Waals surface area contributed by atoms with E-state index in [4.69, 9.17) is 5.73 Å². The summed E-state index contributed by atoms with van der Waals surface area (Å²) in [5.74, 6) is -1.26. The number of rotatable bonds is 5. The molecule has 0 spiro atoms. The second kappa shape index (κ2) is 8.68. The van der Waals surface area contributed by atoms with Crippen LogP contribution in [0.5, 0.6) is 0 Å². The maximum absolute atomic E-state index is 13.6. The minimum atomic E-state index is -0.597. The topological polar surface area (TPSA) is 94.1 Å². The van der Waals surface area contributed by atoms with Gasteiger partial charge in [0, 0.05) is 30.1 Å². The highest BCUT2D eigenvalue weighted by molar-refractivity contribution is 5.98. The summed E-state index contributed by atoms with van der Waals surface area (Å²) in [6, 6.07) is 7.89. The number of piperidine rings is 1. The molecule has 1 aliphatic heterocycles. The van der Waals surface area contributed by atoms with E-state index in [9.17, 15) is 14.0 Å². The van der Waals surface area contributed by atoms with Crippen LogP contribution in [0.3, 0.4) is 0 Å². The quantitative estimate of drug-likeness (QED) is 0.662. The Bertz CT molecular complexity index is 1190. The predicted octanol–water partition coefficient (Wildman–Crippen LogP) is 3.33. The Labute approximate surface area is 186 Å². The van der Waals surface area contributed by atoms with Crippen molar-refractivity contribution < 1.29 is 14.0 Å². The largest absolute Gasteiger partial charge is 0.366 e. The van der Waals surface area contributed by atoms with E-state index in [2.05, 4.69) is 10.1 Å². The van der Waals surface area contributed by atoms with Gasteiger partial charge in [-0.1, -0.05) is 6.92 Å². The van der Waals surface area contributed by atoms with Crippen molar-refractivity contribution in [3.63, 3.8) is 0 Å². The second-order valence-electron chi connectivity index (χ2n) is 8.76. The first kappa shape index (κ1) is 21.9. The van der Waals surface area contributed by atoms with Gasteiger partial charge in [0.1, 0.15) is 5.82 Å². The number of amides is 2. The Morgan fingerprint density at radius 3 is 2.72 bits per heavy atom. The molecular formula is C24H28FN5O2. The molecule has 1 saturated heterocycles. The van der Waals surface area contributed by atoms with E-state index >= 15 is 0 Å². The first-order valence-electron chi connectivity index (χ1n) is 10.9. The number of nitrogens with zero attached hydrogens (tertiary/aromatic N) is 4. The fourth-order valence-corrected chi connectivity index (χ4v) is 4.58. The number of benzene rings is 1. The zero-order valence-electron chi connectivity index (χ0n) is 18.6. The van der Waals surface area contributed by atoms with Gasteiger partial charge in [0.05, 0.1) is 34.9 Å². The van der Waals surface area contributed by atoms with Gasteiger partial charge in [-0.3, -0.25) is 19.3 Å². The molecule has 4 rings (SSSR count). The van der Waals surface area contributed by atoms with Crippen LogP contribution in [0.2, 0.25) is 0 Å². The average Bonchev–Trinajstić information content (AvgIpc) is 3.08. The number of hydrogen-bond donors (Lipinski definition) is 1. The van der Waals surface area contributed by atoms with Crippen LogP contribution < -0.4 is 5.73 Å². The predicted molar refractivity (Wildman–Crippen MR) is 120 cm³/mol. The zero-order chi connectivity index (χ0) is 23.0. The van der Waals surface area contributed by atoms with Gasteiger partial charge in [0.2, 0.25) is 5.91 Å². The lowest BCUT2D eigenvalue weighted by Crippen LogP contribution is -2.43. The summed E-state index contributed by atoms with van der Waals surface area (Å²) in [5.41, 5.74) is 9.07. The molecule has 1 fully saturated rings. The van der Waals surface area contributed by atoms with Gasteiger partial charge in [-0.25, -0.2) is 4.39 Å². The molecule has 0 unspecified atom stereocenters. The highest BCUT2D eigenvalue weighted by Gasteiger charge is 2.31. The molecule has 168 valence electrons. The molecule has 0 saturated carbocycles. The van der Waals surface area contributed by atoms with Gasteiger partial charge in [-0.15, -0.1) is 0 Å². The monoisotopic (exact) mass is 437 g/mol. The number of pyridine rings is 1. The van der Waals surface area contributed by atoms with Crippen molar-refractivity contribution in [2.45, 2.75) is 46.1 Å². The number of carbonyl (C=O) groups excluding carboxylic acids is 2. The third-order valence-corrected chi connectivity index (χ3v) is 6.16. The Hall–Kier alpha value is -3.29. The third kappa shape index (κ3) is 4.35. The minimum Gasteiger partial charge on any atom is -0.366 e. The third-order valence-electron chi connectivity index (χ3n) is 6.16. The van der Waals surface area contributed by atoms with E-state index in [0.29, 0.717) is 36.2 Å². The van der Waals surface area contributed by atoms with Crippen molar-refractivity contribution >= 4 is 22.7 Å². The molecule has 0 radical (unpaired) electrons. The van der Waals surface area contributed by atoms with Gasteiger partial charge < -0.3 is 10.6 Å². The molecule has 1 aromatic carbocycles. The van der Waals surface area contributed by atoms with Gasteiger partial charge in [0.25, 0.3) is 5.91 Å². The number of hydrogen-bond acceptors (Lipinski definition) is 4. The minimum absolute atomic E-state index is 0.0609. The number of aryl methyl sites for hydroxylation is 2. The van der Waals surface area contributed by atoms with Crippen LogP contribution >= 0.6 is 0 Å². The number of likely N-dealkylation sites (tertiary alicyclic amines) is 1. The normalized spacial score (nSPS) is 17.5. The van der Waals surface area contributed by atoms with Gasteiger partial charge >= 0.3 is 0 Å². The van der Waals surface area contributed by atoms with E-state index in [-0.39, 0.29) is 23.3 Å². The van der Waals surface area contributed by atoms with Crippen molar-refractivity contribution in [1.29, 1.82) is 0 Å². The number of halogens is 1. The Morgan fingerprint density at radius 2 is 2.03 bits per heavy atom. The molecule has 32 heavy (non-hydrogen) atoms. The highest BCUT2D eigenvalue weighted by Crippen LogP contribution is 2.31. The molecule has 2 atom stereocenters. The maximum Gasteiger partial charge on any atom is 0.250 e. The second-order valence-corrected chi connectivity index (χ2v) is 8.76. The molecule has 7 nitrogen and oxygen atoms in total. The fraction of sp³-hybridized carbons (Fsp3) is 0.417. The molecule has 3 aromatic rings. The van der Waals surface area contributed by atoms with Crippen LogP contribution in [-0.2, 0) is 11.3 Å². The molecule has 3 heterocycles. The van der Waals surface area contributed by atoms with Crippen LogP contribution in [0.25, 0.3) is 10.9 Å². The Balaban J connectivity index is 1.57. The van der Waals surface area contributed by atoms with Crippen LogP contribution in [-0.4, -0.2) is 44.6 Å². The van der Waals surface area contributed by atoms with E-state index in [1.807, 2.05) is 36.4 Å². The molecule has 0 aliphatic carbocycles. The molecule has 2 aromatic heterocycles. The number of nitrogens with two attached hydrogens (primary N) is 1. The maximum atomic E-state index is 13.6. The summed E-state index contributed by atoms with van der Waals surface area (Å²) >= 11 is 0. The zero-order valence-corrected chi connectivity index (χ0v) is 18.6. The number of aromatic nitrogens is 3. The first-order chi connectivity index (χ1) is 15.2. The summed E-state index contributed by atoms with van der Waals surface area (Å²) in [4.78, 5) is 31.9. The van der Waals surface area contributed by atoms with Crippen LogP contribution in [0, 0.1) is 25.6 Å². The lowest BCUT2D eigenvalue weighted by atomic mass is 9.90. The van der Waals surface area contributed by atoms with Crippen molar-refractivity contribution in [2.24, 2.45) is 11.7 Å². The van der Waals surface area contributed by atoms with E-state index < -0.39 is 11.7 Å². The van der Waals surface area contributed by atoms with Gasteiger partial charge in [-0.05, 0) is 57.0 Å². The van der Waals surface area contributed by atoms with Crippen molar-refractivity contribution in [1.82, 2.24) is 19.7 Å². The summed E-state index contributed by atoms with van der Waals surface area (Å²) in [6.45, 7) is 7.50. The summed E-state index contributed by atoms with van der Waals surface area (Å²) < 4.78 is 15.5. The SMILES string of the molecule is Cc1cc(C)n(C[C@@H](C)C(=O)N2CCC[C@H](c3nc4ccc(F)cc4cc3C(N)=O)C2)n1. The van der Waals surface area contributed by atoms with E-state index in [0.717, 1.165) is 24.2 Å². The lowest BCUT2D eigenvalue weighted by molar-refractivity contribution is -0.136. The summed E-state index contributed by atoms with van der Waals surface area (Å²) in [6.07, 6.45) is 1.61. The molecule has 8 heteroatoms. The van der Waals surface area contributed by atoms with Crippen LogP contribution in [0.15, 0.2) is 30.3 Å². The van der Waals surface area contributed by atoms with Crippen molar-refractivity contribution in [3.05, 3.63) is 58.8 Å². The van der Waals surface area contributed by atoms with E-state index in [1.54, 1.807) is 12.1 Å². The molecule has 0 bridgehead atoms. The Morgan fingerprint density at radius 1 is 1.25 bits per heavy atom. The molecular weight excluding hydrogens is 409 g/mol. The highest BCUT2D eigenvalue weighted by atomic mass is 19.1. The fourth-order valence-electron chi connectivity index (χ4n) is 4.58. The van der Waals surface area contributed by atoms with Gasteiger partial charge in [0.15, 0.2) is 0 Å². The Kier molecular flexibility index (Phi) is 5.95. The molecule has 2 N–H and O–H groups in total. The van der Waals surface area contributed by atoms with Crippen molar-refractivity contribution in [3.8, 4) is 0 Å².